The summed E-state index contributed by atoms with van der Waals surface area (Å²) in [6.07, 6.45) is 0.552. The summed E-state index contributed by atoms with van der Waals surface area (Å²) >= 11 is 0. The van der Waals surface area contributed by atoms with Gasteiger partial charge in [0.15, 0.2) is 0 Å². The molecule has 0 fully saturated rings. The molecule has 0 saturated carbocycles. The molecule has 20 heavy (non-hydrogen) atoms. The third-order valence-electron chi connectivity index (χ3n) is 2.15. The molecule has 0 amide bonds. The Labute approximate surface area is 128 Å². The van der Waals surface area contributed by atoms with E-state index in [1.807, 2.05) is 30.3 Å². The molecule has 0 radical (unpaired) electrons. The second-order valence-corrected chi connectivity index (χ2v) is 3.58. The van der Waals surface area contributed by atoms with E-state index < -0.39 is 0 Å². The normalized spacial score (nSPS) is 8.40. The first kappa shape index (κ1) is 18.0. The number of ether oxygens (including phenoxy) is 1. The average molecular weight is 313 g/mol. The Morgan fingerprint density at radius 3 is 2.40 bits per heavy atom. The Kier molecular flexibility index (Phi) is 10.8. The summed E-state index contributed by atoms with van der Waals surface area (Å²) in [5, 5.41) is 3.32. The maximum Gasteiger partial charge on any atom is 2.00 e. The van der Waals surface area contributed by atoms with Crippen molar-refractivity contribution in [3.05, 3.63) is 70.6 Å². The summed E-state index contributed by atoms with van der Waals surface area (Å²) in [4.78, 5) is 13.8. The van der Waals surface area contributed by atoms with E-state index in [9.17, 15) is 4.79 Å². The minimum atomic E-state index is -0.337. The maximum atomic E-state index is 11.2. The molecule has 0 N–H and O–H groups in total. The van der Waals surface area contributed by atoms with Crippen LogP contribution in [0, 0.1) is 0 Å². The molecule has 2 aromatic carbocycles. The monoisotopic (exact) mass is 313 g/mol. The van der Waals surface area contributed by atoms with Gasteiger partial charge in [0.2, 0.25) is 0 Å². The van der Waals surface area contributed by atoms with Gasteiger partial charge in [0, 0.05) is 11.5 Å². The van der Waals surface area contributed by atoms with E-state index in [1.165, 1.54) is 0 Å². The molecule has 5 nitrogen and oxygen atoms in total. The standard InChI is InChI=1S/C9H10N3O2.C5H5.Fe/c10-12-11-6-3-7-14-9(13)8-4-1-2-5-8;1-2-4-5-3-1;/h1-2,4-5H,3,6-7H2;1-5H;/q2*-1;+2. The largest absolute Gasteiger partial charge is 2.00 e. The molecule has 0 aliphatic heterocycles. The molecule has 0 aromatic heterocycles. The summed E-state index contributed by atoms with van der Waals surface area (Å²) in [5.41, 5.74) is 8.53. The van der Waals surface area contributed by atoms with E-state index in [2.05, 4.69) is 10.0 Å². The van der Waals surface area contributed by atoms with Crippen molar-refractivity contribution in [2.24, 2.45) is 5.11 Å². The Morgan fingerprint density at radius 1 is 1.25 bits per heavy atom. The van der Waals surface area contributed by atoms with Crippen LogP contribution >= 0.6 is 0 Å². The fourth-order valence-corrected chi connectivity index (χ4v) is 1.26. The van der Waals surface area contributed by atoms with Crippen LogP contribution in [-0.4, -0.2) is 19.1 Å². The number of carbonyl (C=O) groups excluding carboxylic acids is 1. The van der Waals surface area contributed by atoms with Gasteiger partial charge < -0.3 is 4.74 Å². The molecule has 6 heteroatoms. The third-order valence-corrected chi connectivity index (χ3v) is 2.15. The summed E-state index contributed by atoms with van der Waals surface area (Å²) in [5.74, 6) is -0.337. The van der Waals surface area contributed by atoms with Crippen LogP contribution in [0.5, 0.6) is 0 Å². The van der Waals surface area contributed by atoms with Crippen LogP contribution in [0.25, 0.3) is 10.4 Å². The van der Waals surface area contributed by atoms with E-state index in [4.69, 9.17) is 10.3 Å². The number of carbonyl (C=O) groups is 1. The van der Waals surface area contributed by atoms with Gasteiger partial charge in [-0.2, -0.15) is 30.3 Å². The van der Waals surface area contributed by atoms with Crippen LogP contribution in [0.3, 0.4) is 0 Å². The number of rotatable bonds is 5. The van der Waals surface area contributed by atoms with Crippen molar-refractivity contribution in [1.82, 2.24) is 0 Å². The van der Waals surface area contributed by atoms with Crippen molar-refractivity contribution in [2.45, 2.75) is 6.42 Å². The first-order valence-corrected chi connectivity index (χ1v) is 5.91. The number of hydrogen-bond acceptors (Lipinski definition) is 3. The van der Waals surface area contributed by atoms with Crippen molar-refractivity contribution >= 4 is 5.97 Å². The molecule has 0 aliphatic carbocycles. The molecule has 0 bridgehead atoms. The van der Waals surface area contributed by atoms with E-state index >= 15 is 0 Å². The molecule has 0 heterocycles. The van der Waals surface area contributed by atoms with Crippen LogP contribution in [-0.2, 0) is 21.8 Å². The molecule has 0 spiro atoms. The zero-order chi connectivity index (χ0) is 13.8. The molecule has 0 saturated heterocycles. The number of esters is 1. The van der Waals surface area contributed by atoms with Gasteiger partial charge in [-0.1, -0.05) is 10.7 Å². The van der Waals surface area contributed by atoms with Crippen LogP contribution in [0.2, 0.25) is 0 Å². The van der Waals surface area contributed by atoms with Crippen LogP contribution in [0.1, 0.15) is 16.8 Å². The first-order valence-electron chi connectivity index (χ1n) is 5.91. The van der Waals surface area contributed by atoms with Crippen LogP contribution in [0.4, 0.5) is 0 Å². The topological polar surface area (TPSA) is 75.1 Å². The predicted octanol–water partition coefficient (Wildman–Crippen LogP) is 3.67. The van der Waals surface area contributed by atoms with Crippen molar-refractivity contribution in [3.8, 4) is 0 Å². The zero-order valence-corrected chi connectivity index (χ0v) is 11.9. The SMILES string of the molecule is [Fe+2].[N-]=[N+]=NCCCOC(=O)[c-]1cccc1.c1cc[cH-]c1. The zero-order valence-electron chi connectivity index (χ0n) is 10.8. The van der Waals surface area contributed by atoms with Gasteiger partial charge in [-0.15, -0.1) is 0 Å². The van der Waals surface area contributed by atoms with E-state index in [0.29, 0.717) is 18.5 Å². The Morgan fingerprint density at radius 2 is 1.90 bits per heavy atom. The van der Waals surface area contributed by atoms with Gasteiger partial charge in [0.05, 0.1) is 6.61 Å². The molecular weight excluding hydrogens is 298 g/mol. The summed E-state index contributed by atoms with van der Waals surface area (Å²) in [6.45, 7) is 0.633. The van der Waals surface area contributed by atoms with E-state index in [0.717, 1.165) is 0 Å². The average Bonchev–Trinajstić information content (AvgIpc) is 3.13. The third kappa shape index (κ3) is 8.16. The number of hydrogen-bond donors (Lipinski definition) is 0. The molecule has 0 atom stereocenters. The smallest absolute Gasteiger partial charge is 0.471 e. The van der Waals surface area contributed by atoms with Crippen molar-refractivity contribution in [2.75, 3.05) is 13.2 Å². The maximum absolute atomic E-state index is 11.2. The van der Waals surface area contributed by atoms with Gasteiger partial charge >= 0.3 is 17.1 Å². The minimum absolute atomic E-state index is 0. The van der Waals surface area contributed by atoms with E-state index in [1.54, 1.807) is 24.3 Å². The van der Waals surface area contributed by atoms with Gasteiger partial charge in [-0.25, -0.2) is 24.3 Å². The molecule has 2 aromatic rings. The summed E-state index contributed by atoms with van der Waals surface area (Å²) < 4.78 is 4.91. The second kappa shape index (κ2) is 12.1. The molecular formula is C14H15FeN3O2. The van der Waals surface area contributed by atoms with Gasteiger partial charge in [0.25, 0.3) is 5.97 Å². The number of nitrogens with zero attached hydrogens (tertiary/aromatic N) is 3. The Hall–Kier alpha value is -2.00. The molecule has 0 aliphatic rings. The summed E-state index contributed by atoms with van der Waals surface area (Å²) in [6, 6.07) is 16.9. The Bertz CT molecular complexity index is 471. The van der Waals surface area contributed by atoms with Gasteiger partial charge in [-0.05, 0) is 12.0 Å². The second-order valence-electron chi connectivity index (χ2n) is 3.58. The van der Waals surface area contributed by atoms with Gasteiger partial charge in [0.1, 0.15) is 0 Å². The fourth-order valence-electron chi connectivity index (χ4n) is 1.26. The quantitative estimate of drug-likeness (QED) is 0.161. The van der Waals surface area contributed by atoms with Crippen LogP contribution in [0.15, 0.2) is 59.7 Å². The predicted molar refractivity (Wildman–Crippen MR) is 73.0 cm³/mol. The van der Waals surface area contributed by atoms with E-state index in [-0.39, 0.29) is 29.6 Å². The summed E-state index contributed by atoms with van der Waals surface area (Å²) in [7, 11) is 0. The Balaban J connectivity index is 0.000000507. The fraction of sp³-hybridized carbons (Fsp3) is 0.214. The van der Waals surface area contributed by atoms with Crippen molar-refractivity contribution in [3.63, 3.8) is 0 Å². The first-order chi connectivity index (χ1) is 9.34. The van der Waals surface area contributed by atoms with Crippen LogP contribution < -0.4 is 0 Å². The molecule has 2 rings (SSSR count). The number of azide groups is 1. The minimum Gasteiger partial charge on any atom is -0.471 e. The van der Waals surface area contributed by atoms with Crippen molar-refractivity contribution < 1.29 is 26.6 Å². The molecule has 0 unspecified atom stereocenters. The van der Waals surface area contributed by atoms with Crippen molar-refractivity contribution in [1.29, 1.82) is 0 Å². The molecule has 106 valence electrons. The van der Waals surface area contributed by atoms with Gasteiger partial charge in [-0.3, -0.25) is 4.79 Å².